The van der Waals surface area contributed by atoms with Gasteiger partial charge < -0.3 is 15.4 Å². The number of nitrogens with one attached hydrogen (secondary N) is 2. The Morgan fingerprint density at radius 2 is 1.86 bits per heavy atom. The van der Waals surface area contributed by atoms with Crippen LogP contribution >= 0.6 is 11.6 Å². The maximum Gasteiger partial charge on any atom is 0.266 e. The zero-order chi connectivity index (χ0) is 19.7. The lowest BCUT2D eigenvalue weighted by molar-refractivity contribution is 0.0929. The van der Waals surface area contributed by atoms with Crippen LogP contribution in [0.4, 0.5) is 0 Å². The molecule has 0 radical (unpaired) electrons. The van der Waals surface area contributed by atoms with Gasteiger partial charge in [-0.25, -0.2) is 4.68 Å². The molecule has 0 atom stereocenters. The van der Waals surface area contributed by atoms with E-state index in [0.29, 0.717) is 21.7 Å². The van der Waals surface area contributed by atoms with Crippen molar-refractivity contribution in [3.8, 4) is 11.4 Å². The lowest BCUT2D eigenvalue weighted by atomic mass is 10.1. The normalized spacial score (nSPS) is 15.5. The Kier molecular flexibility index (Phi) is 5.09. The standard InChI is InChI=1S/C20H21ClN4O3/c21-12-7-9-14(10-8-12)25-18-15(11-22-25)17(26)16(20(28)24-18)19(27)23-13-5-3-1-2-4-6-13/h7-11,13H,1-6H2,(H,23,27)(H2,24,26,28). The van der Waals surface area contributed by atoms with Crippen LogP contribution in [-0.2, 0) is 0 Å². The maximum absolute atomic E-state index is 12.7. The van der Waals surface area contributed by atoms with E-state index in [1.54, 1.807) is 24.3 Å². The molecule has 8 heteroatoms. The average Bonchev–Trinajstić information content (AvgIpc) is 2.91. The van der Waals surface area contributed by atoms with Gasteiger partial charge in [-0.15, -0.1) is 0 Å². The number of carbonyl (C=O) groups excluding carboxylic acids is 1. The summed E-state index contributed by atoms with van der Waals surface area (Å²) in [6.07, 6.45) is 7.64. The number of amides is 1. The van der Waals surface area contributed by atoms with Crippen LogP contribution in [0, 0.1) is 0 Å². The summed E-state index contributed by atoms with van der Waals surface area (Å²) in [5.41, 5.74) is 0.0696. The first-order chi connectivity index (χ1) is 13.5. The molecular weight excluding hydrogens is 380 g/mol. The summed E-state index contributed by atoms with van der Waals surface area (Å²) < 4.78 is 1.49. The smallest absolute Gasteiger partial charge is 0.266 e. The number of aromatic amines is 1. The van der Waals surface area contributed by atoms with Gasteiger partial charge in [-0.1, -0.05) is 37.3 Å². The zero-order valence-electron chi connectivity index (χ0n) is 15.2. The van der Waals surface area contributed by atoms with E-state index in [1.165, 1.54) is 10.9 Å². The third-order valence-corrected chi connectivity index (χ3v) is 5.46. The van der Waals surface area contributed by atoms with Crippen molar-refractivity contribution in [2.24, 2.45) is 0 Å². The second-order valence-electron chi connectivity index (χ2n) is 7.13. The van der Waals surface area contributed by atoms with Crippen molar-refractivity contribution in [3.63, 3.8) is 0 Å². The van der Waals surface area contributed by atoms with Gasteiger partial charge in [0.05, 0.1) is 17.3 Å². The number of aromatic hydroxyl groups is 1. The second kappa shape index (κ2) is 7.67. The molecule has 1 amide bonds. The van der Waals surface area contributed by atoms with Gasteiger partial charge in [0.15, 0.2) is 0 Å². The van der Waals surface area contributed by atoms with Crippen LogP contribution in [0.1, 0.15) is 48.9 Å². The van der Waals surface area contributed by atoms with E-state index in [-0.39, 0.29) is 17.4 Å². The molecule has 1 saturated carbocycles. The van der Waals surface area contributed by atoms with Gasteiger partial charge in [0.2, 0.25) is 0 Å². The minimum Gasteiger partial charge on any atom is -0.506 e. The van der Waals surface area contributed by atoms with Crippen LogP contribution in [0.3, 0.4) is 0 Å². The van der Waals surface area contributed by atoms with E-state index in [2.05, 4.69) is 15.4 Å². The van der Waals surface area contributed by atoms with E-state index in [4.69, 9.17) is 11.6 Å². The number of hydrogen-bond acceptors (Lipinski definition) is 4. The number of hydrogen-bond donors (Lipinski definition) is 3. The van der Waals surface area contributed by atoms with Crippen molar-refractivity contribution in [3.05, 3.63) is 51.4 Å². The molecule has 7 nitrogen and oxygen atoms in total. The highest BCUT2D eigenvalue weighted by atomic mass is 35.5. The Morgan fingerprint density at radius 3 is 2.54 bits per heavy atom. The van der Waals surface area contributed by atoms with Crippen LogP contribution in [0.15, 0.2) is 35.3 Å². The highest BCUT2D eigenvalue weighted by Crippen LogP contribution is 2.27. The van der Waals surface area contributed by atoms with Crippen LogP contribution in [0.2, 0.25) is 5.02 Å². The van der Waals surface area contributed by atoms with Gasteiger partial charge in [0.25, 0.3) is 11.5 Å². The van der Waals surface area contributed by atoms with E-state index in [9.17, 15) is 14.7 Å². The Hall–Kier alpha value is -2.80. The second-order valence-corrected chi connectivity index (χ2v) is 7.57. The fraction of sp³-hybridized carbons (Fsp3) is 0.350. The average molecular weight is 401 g/mol. The molecule has 1 aromatic carbocycles. The van der Waals surface area contributed by atoms with E-state index in [1.807, 2.05) is 0 Å². The van der Waals surface area contributed by atoms with E-state index >= 15 is 0 Å². The number of benzene rings is 1. The van der Waals surface area contributed by atoms with Crippen LogP contribution in [0.25, 0.3) is 16.7 Å². The van der Waals surface area contributed by atoms with Crippen molar-refractivity contribution >= 4 is 28.5 Å². The van der Waals surface area contributed by atoms with E-state index < -0.39 is 11.5 Å². The molecule has 4 rings (SSSR count). The molecule has 1 fully saturated rings. The number of rotatable bonds is 3. The predicted octanol–water partition coefficient (Wildman–Crippen LogP) is 3.53. The number of fused-ring (bicyclic) bond motifs is 1. The zero-order valence-corrected chi connectivity index (χ0v) is 16.0. The Bertz CT molecular complexity index is 1060. The van der Waals surface area contributed by atoms with Crippen molar-refractivity contribution in [2.75, 3.05) is 0 Å². The largest absolute Gasteiger partial charge is 0.506 e. The van der Waals surface area contributed by atoms with E-state index in [0.717, 1.165) is 38.5 Å². The summed E-state index contributed by atoms with van der Waals surface area (Å²) in [6, 6.07) is 6.93. The topological polar surface area (TPSA) is 100 Å². The molecule has 2 heterocycles. The Labute approximate surface area is 166 Å². The van der Waals surface area contributed by atoms with Crippen molar-refractivity contribution in [1.82, 2.24) is 20.1 Å². The number of halogens is 1. The molecule has 28 heavy (non-hydrogen) atoms. The molecule has 1 aliphatic carbocycles. The number of pyridine rings is 1. The number of H-pyrrole nitrogens is 1. The first-order valence-electron chi connectivity index (χ1n) is 9.44. The first-order valence-corrected chi connectivity index (χ1v) is 9.82. The fourth-order valence-corrected chi connectivity index (χ4v) is 3.85. The number of aromatic nitrogens is 3. The monoisotopic (exact) mass is 400 g/mol. The van der Waals surface area contributed by atoms with Gasteiger partial charge >= 0.3 is 0 Å². The Morgan fingerprint density at radius 1 is 1.18 bits per heavy atom. The summed E-state index contributed by atoms with van der Waals surface area (Å²) in [6.45, 7) is 0. The van der Waals surface area contributed by atoms with Crippen molar-refractivity contribution in [2.45, 2.75) is 44.6 Å². The minimum absolute atomic E-state index is 0.0290. The van der Waals surface area contributed by atoms with Gasteiger partial charge in [-0.2, -0.15) is 5.10 Å². The van der Waals surface area contributed by atoms with Crippen molar-refractivity contribution in [1.29, 1.82) is 0 Å². The van der Waals surface area contributed by atoms with Crippen molar-refractivity contribution < 1.29 is 9.90 Å². The predicted molar refractivity (Wildman–Crippen MR) is 107 cm³/mol. The molecule has 0 saturated heterocycles. The van der Waals surface area contributed by atoms with Gasteiger partial charge in [-0.05, 0) is 37.1 Å². The third-order valence-electron chi connectivity index (χ3n) is 5.21. The summed E-state index contributed by atoms with van der Waals surface area (Å²) in [7, 11) is 0. The molecule has 3 N–H and O–H groups in total. The molecule has 0 spiro atoms. The summed E-state index contributed by atoms with van der Waals surface area (Å²) in [4.78, 5) is 28.0. The van der Waals surface area contributed by atoms with Crippen LogP contribution in [0.5, 0.6) is 5.75 Å². The quantitative estimate of drug-likeness (QED) is 0.585. The van der Waals surface area contributed by atoms with Gasteiger partial charge in [0, 0.05) is 11.1 Å². The number of carbonyl (C=O) groups is 1. The molecule has 2 aromatic heterocycles. The molecule has 1 aliphatic rings. The molecule has 0 bridgehead atoms. The fourth-order valence-electron chi connectivity index (χ4n) is 3.72. The SMILES string of the molecule is O=C(NC1CCCCCC1)c1c(O)c2cnn(-c3ccc(Cl)cc3)c2[nH]c1=O. The maximum atomic E-state index is 12.7. The lowest BCUT2D eigenvalue weighted by Gasteiger charge is -2.16. The minimum atomic E-state index is -0.646. The molecule has 0 aliphatic heterocycles. The lowest BCUT2D eigenvalue weighted by Crippen LogP contribution is -2.37. The molecule has 146 valence electrons. The molecule has 0 unspecified atom stereocenters. The summed E-state index contributed by atoms with van der Waals surface area (Å²) >= 11 is 5.92. The molecule has 3 aromatic rings. The summed E-state index contributed by atoms with van der Waals surface area (Å²) in [5, 5.41) is 18.7. The van der Waals surface area contributed by atoms with Crippen LogP contribution in [-0.4, -0.2) is 31.8 Å². The highest BCUT2D eigenvalue weighted by molar-refractivity contribution is 6.30. The van der Waals surface area contributed by atoms with Crippen LogP contribution < -0.4 is 10.9 Å². The first kappa shape index (κ1) is 18.6. The Balaban J connectivity index is 1.70. The summed E-state index contributed by atoms with van der Waals surface area (Å²) in [5.74, 6) is -0.906. The number of nitrogens with zero attached hydrogens (tertiary/aromatic N) is 2. The highest BCUT2D eigenvalue weighted by Gasteiger charge is 2.24. The molecular formula is C20H21ClN4O3. The van der Waals surface area contributed by atoms with Gasteiger partial charge in [-0.3, -0.25) is 9.59 Å². The third kappa shape index (κ3) is 3.49. The van der Waals surface area contributed by atoms with Gasteiger partial charge in [0.1, 0.15) is 17.0 Å².